The molecule has 0 amide bonds. The minimum Gasteiger partial charge on any atom is -0.410 e. The van der Waals surface area contributed by atoms with Crippen molar-refractivity contribution >= 4 is 13.0 Å². The molecule has 0 saturated carbocycles. The molecule has 0 aliphatic heterocycles. The molecule has 18 heavy (non-hydrogen) atoms. The Labute approximate surface area is 107 Å². The van der Waals surface area contributed by atoms with Crippen LogP contribution in [0.5, 0.6) is 0 Å². The van der Waals surface area contributed by atoms with E-state index in [0.29, 0.717) is 0 Å². The zero-order chi connectivity index (χ0) is 13.4. The van der Waals surface area contributed by atoms with E-state index < -0.39 is 7.60 Å². The fourth-order valence-corrected chi connectivity index (χ4v) is 3.03. The van der Waals surface area contributed by atoms with Crippen LogP contribution in [0.3, 0.4) is 0 Å². The second-order valence-electron chi connectivity index (χ2n) is 3.51. The van der Waals surface area contributed by atoms with Gasteiger partial charge < -0.3 is 14.3 Å². The third-order valence-electron chi connectivity index (χ3n) is 2.23. The van der Waals surface area contributed by atoms with Crippen LogP contribution in [0.25, 0.3) is 0 Å². The SMILES string of the molecule is CCOP(=O)(OCC)/C(Cc1ccccc1)=N/O. The van der Waals surface area contributed by atoms with Crippen LogP contribution in [0.4, 0.5) is 0 Å². The molecule has 0 aromatic heterocycles. The number of rotatable bonds is 7. The second-order valence-corrected chi connectivity index (χ2v) is 5.54. The van der Waals surface area contributed by atoms with Gasteiger partial charge in [-0.05, 0) is 19.4 Å². The molecule has 1 N–H and O–H groups in total. The third-order valence-corrected chi connectivity index (χ3v) is 4.31. The number of oxime groups is 1. The Hall–Kier alpha value is -1.16. The Balaban J connectivity index is 2.91. The van der Waals surface area contributed by atoms with Gasteiger partial charge >= 0.3 is 7.60 Å². The van der Waals surface area contributed by atoms with Gasteiger partial charge in [-0.15, -0.1) is 0 Å². The molecule has 6 heteroatoms. The van der Waals surface area contributed by atoms with Crippen molar-refractivity contribution in [1.29, 1.82) is 0 Å². The molecule has 5 nitrogen and oxygen atoms in total. The molecule has 0 saturated heterocycles. The van der Waals surface area contributed by atoms with Gasteiger partial charge in [0.15, 0.2) is 5.45 Å². The summed E-state index contributed by atoms with van der Waals surface area (Å²) in [4.78, 5) is 0. The van der Waals surface area contributed by atoms with Crippen molar-refractivity contribution in [2.24, 2.45) is 5.16 Å². The van der Waals surface area contributed by atoms with E-state index in [9.17, 15) is 4.57 Å². The molecule has 0 fully saturated rings. The molecule has 0 spiro atoms. The Morgan fingerprint density at radius 1 is 1.22 bits per heavy atom. The largest absolute Gasteiger partial charge is 0.410 e. The monoisotopic (exact) mass is 271 g/mol. The van der Waals surface area contributed by atoms with Crippen LogP contribution in [0.15, 0.2) is 35.5 Å². The van der Waals surface area contributed by atoms with Crippen LogP contribution in [-0.4, -0.2) is 23.9 Å². The lowest BCUT2D eigenvalue weighted by Crippen LogP contribution is -2.10. The van der Waals surface area contributed by atoms with Crippen molar-refractivity contribution in [3.63, 3.8) is 0 Å². The number of benzene rings is 1. The number of hydrogen-bond acceptors (Lipinski definition) is 5. The fourth-order valence-electron chi connectivity index (χ4n) is 1.49. The van der Waals surface area contributed by atoms with Crippen molar-refractivity contribution in [3.05, 3.63) is 35.9 Å². The van der Waals surface area contributed by atoms with Gasteiger partial charge in [0.05, 0.1) is 13.2 Å². The topological polar surface area (TPSA) is 68.1 Å². The first kappa shape index (κ1) is 14.9. The first-order valence-electron chi connectivity index (χ1n) is 5.80. The minimum atomic E-state index is -3.49. The second kappa shape index (κ2) is 7.31. The van der Waals surface area contributed by atoms with Gasteiger partial charge in [0.1, 0.15) is 0 Å². The van der Waals surface area contributed by atoms with E-state index in [4.69, 9.17) is 14.3 Å². The molecule has 0 bridgehead atoms. The smallest absolute Gasteiger partial charge is 0.379 e. The van der Waals surface area contributed by atoms with Gasteiger partial charge in [-0.1, -0.05) is 35.5 Å². The summed E-state index contributed by atoms with van der Waals surface area (Å²) in [6.45, 7) is 3.88. The van der Waals surface area contributed by atoms with Gasteiger partial charge in [-0.2, -0.15) is 0 Å². The molecule has 0 atom stereocenters. The van der Waals surface area contributed by atoms with Gasteiger partial charge in [0.2, 0.25) is 0 Å². The van der Waals surface area contributed by atoms with E-state index in [0.717, 1.165) is 5.56 Å². The molecule has 1 aromatic rings. The first-order valence-corrected chi connectivity index (χ1v) is 7.35. The lowest BCUT2D eigenvalue weighted by Gasteiger charge is -2.17. The molecule has 1 rings (SSSR count). The van der Waals surface area contributed by atoms with Crippen molar-refractivity contribution < 1.29 is 18.8 Å². The Morgan fingerprint density at radius 2 is 1.78 bits per heavy atom. The average molecular weight is 271 g/mol. The highest BCUT2D eigenvalue weighted by Crippen LogP contribution is 2.50. The summed E-state index contributed by atoms with van der Waals surface area (Å²) < 4.78 is 22.7. The highest BCUT2D eigenvalue weighted by atomic mass is 31.2. The van der Waals surface area contributed by atoms with Crippen molar-refractivity contribution in [3.8, 4) is 0 Å². The summed E-state index contributed by atoms with van der Waals surface area (Å²) >= 11 is 0. The van der Waals surface area contributed by atoms with Crippen molar-refractivity contribution in [1.82, 2.24) is 0 Å². The molecule has 1 aromatic carbocycles. The summed E-state index contributed by atoms with van der Waals surface area (Å²) in [7, 11) is -3.49. The van der Waals surface area contributed by atoms with Crippen LogP contribution >= 0.6 is 7.60 Å². The molecule has 0 aliphatic rings. The first-order chi connectivity index (χ1) is 8.66. The minimum absolute atomic E-state index is 0.0254. The predicted molar refractivity (Wildman–Crippen MR) is 70.2 cm³/mol. The Kier molecular flexibility index (Phi) is 6.05. The standard InChI is InChI=1S/C12H18NO4P/c1-3-16-18(15,17-4-2)12(13-14)10-11-8-6-5-7-9-11/h5-9,14H,3-4,10H2,1-2H3/b13-12+. The summed E-state index contributed by atoms with van der Waals surface area (Å²) in [5.41, 5.74) is 0.905. The zero-order valence-corrected chi connectivity index (χ0v) is 11.5. The lowest BCUT2D eigenvalue weighted by molar-refractivity contribution is 0.229. The van der Waals surface area contributed by atoms with Crippen LogP contribution in [0.1, 0.15) is 19.4 Å². The van der Waals surface area contributed by atoms with Gasteiger partial charge in [0.25, 0.3) is 0 Å². The van der Waals surface area contributed by atoms with Crippen LogP contribution in [-0.2, 0) is 20.0 Å². The van der Waals surface area contributed by atoms with Gasteiger partial charge in [-0.25, -0.2) is 0 Å². The maximum atomic E-state index is 12.4. The maximum Gasteiger partial charge on any atom is 0.379 e. The molecule has 0 unspecified atom stereocenters. The lowest BCUT2D eigenvalue weighted by atomic mass is 10.2. The van der Waals surface area contributed by atoms with Gasteiger partial charge in [-0.3, -0.25) is 4.57 Å². The molecular weight excluding hydrogens is 253 g/mol. The Bertz CT molecular complexity index is 423. The normalized spacial score (nSPS) is 12.7. The number of nitrogens with zero attached hydrogens (tertiary/aromatic N) is 1. The molecular formula is C12H18NO4P. The Morgan fingerprint density at radius 3 is 2.22 bits per heavy atom. The summed E-state index contributed by atoms with van der Waals surface area (Å²) in [5, 5.41) is 12.1. The third kappa shape index (κ3) is 3.95. The summed E-state index contributed by atoms with van der Waals surface area (Å²) in [5.74, 6) is 0. The van der Waals surface area contributed by atoms with Crippen LogP contribution in [0.2, 0.25) is 0 Å². The average Bonchev–Trinajstić information content (AvgIpc) is 2.37. The molecule has 0 heterocycles. The summed E-state index contributed by atoms with van der Waals surface area (Å²) in [6.07, 6.45) is 0.231. The van der Waals surface area contributed by atoms with E-state index in [1.807, 2.05) is 30.3 Å². The predicted octanol–water partition coefficient (Wildman–Crippen LogP) is 3.28. The van der Waals surface area contributed by atoms with Crippen molar-refractivity contribution in [2.45, 2.75) is 20.3 Å². The van der Waals surface area contributed by atoms with E-state index in [-0.39, 0.29) is 25.1 Å². The van der Waals surface area contributed by atoms with Crippen LogP contribution in [0, 0.1) is 0 Å². The fraction of sp³-hybridized carbons (Fsp3) is 0.417. The highest BCUT2D eigenvalue weighted by molar-refractivity contribution is 7.72. The molecule has 0 aliphatic carbocycles. The van der Waals surface area contributed by atoms with E-state index >= 15 is 0 Å². The highest BCUT2D eigenvalue weighted by Gasteiger charge is 2.32. The maximum absolute atomic E-state index is 12.4. The summed E-state index contributed by atoms with van der Waals surface area (Å²) in [6, 6.07) is 9.30. The zero-order valence-electron chi connectivity index (χ0n) is 10.6. The van der Waals surface area contributed by atoms with Crippen LogP contribution < -0.4 is 0 Å². The van der Waals surface area contributed by atoms with E-state index in [2.05, 4.69) is 5.16 Å². The molecule has 0 radical (unpaired) electrons. The van der Waals surface area contributed by atoms with E-state index in [1.165, 1.54) is 0 Å². The number of hydrogen-bond donors (Lipinski definition) is 1. The van der Waals surface area contributed by atoms with E-state index in [1.54, 1.807) is 13.8 Å². The van der Waals surface area contributed by atoms with Crippen molar-refractivity contribution in [2.75, 3.05) is 13.2 Å². The quantitative estimate of drug-likeness (QED) is 0.357. The van der Waals surface area contributed by atoms with Gasteiger partial charge in [0, 0.05) is 6.42 Å². The molecule has 100 valence electrons.